The number of nitrogens with zero attached hydrogens (tertiary/aromatic N) is 1. The second kappa shape index (κ2) is 2.04. The molecule has 3 nitrogen and oxygen atoms in total. The molecule has 0 aliphatic heterocycles. The quantitative estimate of drug-likeness (QED) is 0.466. The molecule has 0 saturated heterocycles. The van der Waals surface area contributed by atoms with Crippen molar-refractivity contribution in [2.24, 2.45) is 0 Å². The summed E-state index contributed by atoms with van der Waals surface area (Å²) in [4.78, 5) is 8.18. The highest BCUT2D eigenvalue weighted by atomic mass is 17.1. The first-order valence-electron chi connectivity index (χ1n) is 3.16. The van der Waals surface area contributed by atoms with Crippen molar-refractivity contribution in [1.82, 2.24) is 4.98 Å². The second-order valence-corrected chi connectivity index (χ2v) is 2.35. The van der Waals surface area contributed by atoms with Gasteiger partial charge in [0.05, 0.1) is 5.69 Å². The lowest BCUT2D eigenvalue weighted by atomic mass is 9.91. The number of hydrogen-bond donors (Lipinski definition) is 1. The predicted molar refractivity (Wildman–Crippen MR) is 34.4 cm³/mol. The fourth-order valence-electron chi connectivity index (χ4n) is 1.17. The van der Waals surface area contributed by atoms with Crippen molar-refractivity contribution in [3.63, 3.8) is 0 Å². The second-order valence-electron chi connectivity index (χ2n) is 2.35. The van der Waals surface area contributed by atoms with Crippen molar-refractivity contribution < 1.29 is 10.1 Å². The van der Waals surface area contributed by atoms with Crippen molar-refractivity contribution in [2.45, 2.75) is 12.5 Å². The maximum atomic E-state index is 8.29. The molecule has 0 radical (unpaired) electrons. The summed E-state index contributed by atoms with van der Waals surface area (Å²) in [6, 6.07) is 3.87. The highest BCUT2D eigenvalue weighted by Crippen LogP contribution is 2.32. The van der Waals surface area contributed by atoms with E-state index in [1.807, 2.05) is 12.1 Å². The summed E-state index contributed by atoms with van der Waals surface area (Å²) in [5, 5.41) is 8.29. The summed E-state index contributed by atoms with van der Waals surface area (Å²) in [5.74, 6) is 0. The Morgan fingerprint density at radius 2 is 2.60 bits per heavy atom. The summed E-state index contributed by atoms with van der Waals surface area (Å²) in [5.41, 5.74) is 2.03. The molecular formula is C7H7NO2. The smallest absolute Gasteiger partial charge is 0.139 e. The number of pyridine rings is 1. The van der Waals surface area contributed by atoms with Gasteiger partial charge in [0, 0.05) is 12.6 Å². The van der Waals surface area contributed by atoms with Crippen molar-refractivity contribution in [3.05, 3.63) is 29.6 Å². The Bertz CT molecular complexity index is 249. The Labute approximate surface area is 58.2 Å². The molecule has 3 heteroatoms. The van der Waals surface area contributed by atoms with E-state index in [2.05, 4.69) is 9.87 Å². The van der Waals surface area contributed by atoms with E-state index in [1.165, 1.54) is 5.56 Å². The van der Waals surface area contributed by atoms with E-state index in [-0.39, 0.29) is 6.10 Å². The summed E-state index contributed by atoms with van der Waals surface area (Å²) in [6.45, 7) is 0. The SMILES string of the molecule is OOC1Cc2cccnc21. The van der Waals surface area contributed by atoms with Crippen LogP contribution < -0.4 is 0 Å². The van der Waals surface area contributed by atoms with Gasteiger partial charge in [-0.3, -0.25) is 10.2 Å². The number of aromatic nitrogens is 1. The van der Waals surface area contributed by atoms with Gasteiger partial charge in [-0.05, 0) is 11.6 Å². The minimum Gasteiger partial charge on any atom is -0.258 e. The number of rotatable bonds is 1. The molecule has 2 rings (SSSR count). The van der Waals surface area contributed by atoms with E-state index in [0.29, 0.717) is 0 Å². The molecule has 0 aromatic carbocycles. The number of fused-ring (bicyclic) bond motifs is 1. The summed E-state index contributed by atoms with van der Waals surface area (Å²) in [7, 11) is 0. The Hall–Kier alpha value is -0.930. The summed E-state index contributed by atoms with van der Waals surface area (Å²) in [6.07, 6.45) is 2.29. The molecule has 1 aromatic rings. The van der Waals surface area contributed by atoms with Crippen molar-refractivity contribution in [2.75, 3.05) is 0 Å². The molecule has 0 saturated carbocycles. The predicted octanol–water partition coefficient (Wildman–Crippen LogP) is 1.17. The van der Waals surface area contributed by atoms with Crippen LogP contribution in [0, 0.1) is 0 Å². The normalized spacial score (nSPS) is 21.5. The van der Waals surface area contributed by atoms with Crippen molar-refractivity contribution >= 4 is 0 Å². The Morgan fingerprint density at radius 3 is 3.30 bits per heavy atom. The third kappa shape index (κ3) is 0.647. The van der Waals surface area contributed by atoms with Crippen molar-refractivity contribution in [3.8, 4) is 0 Å². The largest absolute Gasteiger partial charge is 0.258 e. The maximum absolute atomic E-state index is 8.29. The molecule has 0 fully saturated rings. The van der Waals surface area contributed by atoms with Gasteiger partial charge in [0.1, 0.15) is 6.10 Å². The maximum Gasteiger partial charge on any atom is 0.139 e. The molecule has 0 amide bonds. The van der Waals surface area contributed by atoms with Gasteiger partial charge in [-0.25, -0.2) is 4.89 Å². The fourth-order valence-corrected chi connectivity index (χ4v) is 1.17. The standard InChI is InChI=1S/C7H7NO2/c9-10-6-4-5-2-1-3-8-7(5)6/h1-3,6,9H,4H2. The Morgan fingerprint density at radius 1 is 1.70 bits per heavy atom. The van der Waals surface area contributed by atoms with Crippen LogP contribution in [-0.2, 0) is 11.3 Å². The molecule has 1 heterocycles. The molecule has 1 aromatic heterocycles. The highest BCUT2D eigenvalue weighted by Gasteiger charge is 2.27. The minimum absolute atomic E-state index is 0.184. The average molecular weight is 137 g/mol. The van der Waals surface area contributed by atoms with Gasteiger partial charge in [0.15, 0.2) is 0 Å². The van der Waals surface area contributed by atoms with Gasteiger partial charge in [0.25, 0.3) is 0 Å². The lowest BCUT2D eigenvalue weighted by Gasteiger charge is -2.24. The fraction of sp³-hybridized carbons (Fsp3) is 0.286. The topological polar surface area (TPSA) is 42.4 Å². The van der Waals surface area contributed by atoms with E-state index < -0.39 is 0 Å². The molecule has 1 atom stereocenters. The van der Waals surface area contributed by atoms with E-state index in [1.54, 1.807) is 6.20 Å². The zero-order valence-corrected chi connectivity index (χ0v) is 5.32. The molecule has 1 aliphatic carbocycles. The monoisotopic (exact) mass is 137 g/mol. The summed E-state index contributed by atoms with van der Waals surface area (Å²) >= 11 is 0. The molecule has 10 heavy (non-hydrogen) atoms. The van der Waals surface area contributed by atoms with E-state index in [9.17, 15) is 0 Å². The van der Waals surface area contributed by atoms with Gasteiger partial charge < -0.3 is 0 Å². The Kier molecular flexibility index (Phi) is 1.19. The lowest BCUT2D eigenvalue weighted by molar-refractivity contribution is -0.288. The molecule has 0 bridgehead atoms. The van der Waals surface area contributed by atoms with Crippen LogP contribution in [0.25, 0.3) is 0 Å². The van der Waals surface area contributed by atoms with Crippen LogP contribution in [0.3, 0.4) is 0 Å². The van der Waals surface area contributed by atoms with Crippen LogP contribution in [0.5, 0.6) is 0 Å². The van der Waals surface area contributed by atoms with Gasteiger partial charge in [0.2, 0.25) is 0 Å². The molecule has 1 unspecified atom stereocenters. The third-order valence-corrected chi connectivity index (χ3v) is 1.76. The minimum atomic E-state index is -0.184. The van der Waals surface area contributed by atoms with Crippen LogP contribution in [0.4, 0.5) is 0 Å². The van der Waals surface area contributed by atoms with Crippen LogP contribution in [0.2, 0.25) is 0 Å². The molecular weight excluding hydrogens is 130 g/mol. The average Bonchev–Trinajstić information content (AvgIpc) is 1.92. The van der Waals surface area contributed by atoms with Gasteiger partial charge in [-0.15, -0.1) is 0 Å². The molecule has 1 aliphatic rings. The first-order valence-corrected chi connectivity index (χ1v) is 3.16. The first-order chi connectivity index (χ1) is 4.92. The Balaban J connectivity index is 2.34. The van der Waals surface area contributed by atoms with Crippen LogP contribution in [0.15, 0.2) is 18.3 Å². The molecule has 52 valence electrons. The van der Waals surface area contributed by atoms with E-state index >= 15 is 0 Å². The highest BCUT2D eigenvalue weighted by molar-refractivity contribution is 5.31. The first kappa shape index (κ1) is 5.82. The van der Waals surface area contributed by atoms with Gasteiger partial charge in [-0.2, -0.15) is 0 Å². The third-order valence-electron chi connectivity index (χ3n) is 1.76. The molecule has 0 spiro atoms. The molecule has 1 N–H and O–H groups in total. The van der Waals surface area contributed by atoms with Crippen molar-refractivity contribution in [1.29, 1.82) is 0 Å². The van der Waals surface area contributed by atoms with Crippen LogP contribution in [0.1, 0.15) is 17.4 Å². The van der Waals surface area contributed by atoms with Gasteiger partial charge in [-0.1, -0.05) is 6.07 Å². The lowest BCUT2D eigenvalue weighted by Crippen LogP contribution is -2.20. The van der Waals surface area contributed by atoms with Crippen LogP contribution in [-0.4, -0.2) is 10.2 Å². The zero-order chi connectivity index (χ0) is 6.97. The van der Waals surface area contributed by atoms with E-state index in [0.717, 1.165) is 12.1 Å². The number of hydrogen-bond acceptors (Lipinski definition) is 3. The van der Waals surface area contributed by atoms with Crippen LogP contribution >= 0.6 is 0 Å². The summed E-state index contributed by atoms with van der Waals surface area (Å²) < 4.78 is 0. The van der Waals surface area contributed by atoms with Gasteiger partial charge >= 0.3 is 0 Å². The van der Waals surface area contributed by atoms with E-state index in [4.69, 9.17) is 5.26 Å². The zero-order valence-electron chi connectivity index (χ0n) is 5.32.